The van der Waals surface area contributed by atoms with Gasteiger partial charge in [-0.25, -0.2) is 4.99 Å². The number of nitrogens with one attached hydrogen (secondary N) is 2. The smallest absolute Gasteiger partial charge is 0.191 e. The highest BCUT2D eigenvalue weighted by Gasteiger charge is 2.13. The zero-order chi connectivity index (χ0) is 20.5. The van der Waals surface area contributed by atoms with Crippen molar-refractivity contribution in [3.05, 3.63) is 39.0 Å². The second-order valence-electron chi connectivity index (χ2n) is 5.75. The molecule has 1 unspecified atom stereocenters. The van der Waals surface area contributed by atoms with Crippen LogP contribution >= 0.6 is 22.9 Å². The van der Waals surface area contributed by atoms with Crippen LogP contribution in [0.3, 0.4) is 0 Å². The first kappa shape index (κ1) is 22.1. The number of benzene rings is 1. The van der Waals surface area contributed by atoms with Crippen molar-refractivity contribution >= 4 is 28.9 Å². The molecule has 0 saturated carbocycles. The zero-order valence-corrected chi connectivity index (χ0v) is 18.0. The Balaban J connectivity index is 2.11. The van der Waals surface area contributed by atoms with Crippen LogP contribution in [0.1, 0.15) is 23.5 Å². The number of thiophene rings is 1. The Bertz CT molecular complexity index is 797. The van der Waals surface area contributed by atoms with Gasteiger partial charge in [0.05, 0.1) is 32.2 Å². The summed E-state index contributed by atoms with van der Waals surface area (Å²) < 4.78 is 16.8. The van der Waals surface area contributed by atoms with E-state index < -0.39 is 6.10 Å². The highest BCUT2D eigenvalue weighted by atomic mass is 35.5. The molecule has 0 aliphatic heterocycles. The summed E-state index contributed by atoms with van der Waals surface area (Å²) in [5.74, 6) is 2.44. The lowest BCUT2D eigenvalue weighted by molar-refractivity contribution is 0.184. The quantitative estimate of drug-likeness (QED) is 0.421. The molecule has 1 atom stereocenters. The SMILES string of the molecule is CCNC(=NCc1cc(OC)c(OC)cc1OC)NCC(O)c1ccc(Cl)s1. The molecule has 7 nitrogen and oxygen atoms in total. The molecule has 0 aliphatic rings. The van der Waals surface area contributed by atoms with E-state index in [0.29, 0.717) is 47.2 Å². The maximum atomic E-state index is 10.3. The minimum atomic E-state index is -0.669. The average molecular weight is 428 g/mol. The summed E-state index contributed by atoms with van der Waals surface area (Å²) in [6.45, 7) is 3.34. The first-order valence-electron chi connectivity index (χ1n) is 8.76. The van der Waals surface area contributed by atoms with Gasteiger partial charge in [0.2, 0.25) is 0 Å². The molecule has 1 aromatic carbocycles. The first-order chi connectivity index (χ1) is 13.5. The third-order valence-electron chi connectivity index (χ3n) is 3.92. The zero-order valence-electron chi connectivity index (χ0n) is 16.4. The predicted octanol–water partition coefficient (Wildman–Crippen LogP) is 3.22. The summed E-state index contributed by atoms with van der Waals surface area (Å²) in [5.41, 5.74) is 0.850. The van der Waals surface area contributed by atoms with E-state index in [2.05, 4.69) is 15.6 Å². The first-order valence-corrected chi connectivity index (χ1v) is 9.96. The molecule has 0 bridgehead atoms. The van der Waals surface area contributed by atoms with Gasteiger partial charge in [0.25, 0.3) is 0 Å². The standard InChI is InChI=1S/C19H26ClN3O4S/c1-5-21-19(23-11-13(24)17-6-7-18(20)28-17)22-10-12-8-15(26-3)16(27-4)9-14(12)25-2/h6-9,13,24H,5,10-11H2,1-4H3,(H2,21,22,23). The van der Waals surface area contributed by atoms with Crippen molar-refractivity contribution in [1.82, 2.24) is 10.6 Å². The monoisotopic (exact) mass is 427 g/mol. The molecule has 28 heavy (non-hydrogen) atoms. The average Bonchev–Trinajstić information content (AvgIpc) is 3.15. The minimum absolute atomic E-state index is 0.311. The molecule has 3 N–H and O–H groups in total. The van der Waals surface area contributed by atoms with Crippen molar-refractivity contribution in [2.75, 3.05) is 34.4 Å². The van der Waals surface area contributed by atoms with E-state index in [1.54, 1.807) is 33.5 Å². The molecule has 2 aromatic rings. The molecule has 0 saturated heterocycles. The Morgan fingerprint density at radius 1 is 1.11 bits per heavy atom. The Hall–Kier alpha value is -2.16. The third-order valence-corrected chi connectivity index (χ3v) is 5.26. The number of aliphatic imine (C=N–C) groups is 1. The van der Waals surface area contributed by atoms with E-state index in [0.717, 1.165) is 10.4 Å². The highest BCUT2D eigenvalue weighted by molar-refractivity contribution is 7.16. The predicted molar refractivity (Wildman–Crippen MR) is 113 cm³/mol. The fraction of sp³-hybridized carbons (Fsp3) is 0.421. The number of hydrogen-bond acceptors (Lipinski definition) is 6. The lowest BCUT2D eigenvalue weighted by atomic mass is 10.1. The largest absolute Gasteiger partial charge is 0.496 e. The number of guanidine groups is 1. The summed E-state index contributed by atoms with van der Waals surface area (Å²) in [5, 5.41) is 16.6. The van der Waals surface area contributed by atoms with Gasteiger partial charge in [-0.3, -0.25) is 0 Å². The fourth-order valence-corrected chi connectivity index (χ4v) is 3.57. The van der Waals surface area contributed by atoms with Gasteiger partial charge in [0.1, 0.15) is 11.9 Å². The van der Waals surface area contributed by atoms with Gasteiger partial charge < -0.3 is 30.0 Å². The summed E-state index contributed by atoms with van der Waals surface area (Å²) in [6.07, 6.45) is -0.669. The van der Waals surface area contributed by atoms with Crippen LogP contribution in [-0.2, 0) is 6.54 Å². The van der Waals surface area contributed by atoms with Crippen molar-refractivity contribution in [2.45, 2.75) is 19.6 Å². The number of nitrogens with zero attached hydrogens (tertiary/aromatic N) is 1. The van der Waals surface area contributed by atoms with Crippen LogP contribution in [0.25, 0.3) is 0 Å². The van der Waals surface area contributed by atoms with Crippen molar-refractivity contribution in [2.24, 2.45) is 4.99 Å². The van der Waals surface area contributed by atoms with Crippen LogP contribution in [0.2, 0.25) is 4.34 Å². The van der Waals surface area contributed by atoms with Crippen LogP contribution in [0, 0.1) is 0 Å². The highest BCUT2D eigenvalue weighted by Crippen LogP contribution is 2.35. The van der Waals surface area contributed by atoms with Crippen LogP contribution in [0.4, 0.5) is 0 Å². The molecule has 0 fully saturated rings. The molecule has 0 spiro atoms. The van der Waals surface area contributed by atoms with Gasteiger partial charge in [0, 0.05) is 29.6 Å². The number of halogens is 1. The second-order valence-corrected chi connectivity index (χ2v) is 7.50. The van der Waals surface area contributed by atoms with Crippen molar-refractivity contribution in [3.8, 4) is 17.2 Å². The van der Waals surface area contributed by atoms with Crippen LogP contribution in [0.5, 0.6) is 17.2 Å². The maximum absolute atomic E-state index is 10.3. The summed E-state index contributed by atoms with van der Waals surface area (Å²) in [7, 11) is 4.76. The number of ether oxygens (including phenoxy) is 3. The molecule has 2 rings (SSSR count). The van der Waals surface area contributed by atoms with Gasteiger partial charge in [-0.1, -0.05) is 11.6 Å². The second kappa shape index (κ2) is 11.0. The summed E-state index contributed by atoms with van der Waals surface area (Å²) in [6, 6.07) is 7.20. The van der Waals surface area contributed by atoms with E-state index >= 15 is 0 Å². The molecule has 9 heteroatoms. The molecule has 0 radical (unpaired) electrons. The lowest BCUT2D eigenvalue weighted by Crippen LogP contribution is -2.39. The molecule has 154 valence electrons. The lowest BCUT2D eigenvalue weighted by Gasteiger charge is -2.16. The summed E-state index contributed by atoms with van der Waals surface area (Å²) >= 11 is 7.29. The molecular formula is C19H26ClN3O4S. The Morgan fingerprint density at radius 3 is 2.36 bits per heavy atom. The van der Waals surface area contributed by atoms with Crippen molar-refractivity contribution in [3.63, 3.8) is 0 Å². The third kappa shape index (κ3) is 5.92. The molecule has 0 amide bonds. The Morgan fingerprint density at radius 2 is 1.79 bits per heavy atom. The van der Waals surface area contributed by atoms with Crippen LogP contribution < -0.4 is 24.8 Å². The van der Waals surface area contributed by atoms with Crippen LogP contribution in [-0.4, -0.2) is 45.5 Å². The Labute approximate surface area is 174 Å². The van der Waals surface area contributed by atoms with E-state index in [1.165, 1.54) is 11.3 Å². The van der Waals surface area contributed by atoms with E-state index in [-0.39, 0.29) is 0 Å². The topological polar surface area (TPSA) is 84.3 Å². The maximum Gasteiger partial charge on any atom is 0.191 e. The number of aliphatic hydroxyl groups excluding tert-OH is 1. The molecular weight excluding hydrogens is 402 g/mol. The van der Waals surface area contributed by atoms with E-state index in [1.807, 2.05) is 19.1 Å². The Kier molecular flexibility index (Phi) is 8.69. The molecule has 0 aliphatic carbocycles. The molecule has 1 heterocycles. The number of hydrogen-bond donors (Lipinski definition) is 3. The van der Waals surface area contributed by atoms with Gasteiger partial charge in [-0.05, 0) is 25.1 Å². The number of rotatable bonds is 9. The van der Waals surface area contributed by atoms with Crippen molar-refractivity contribution in [1.29, 1.82) is 0 Å². The fourth-order valence-electron chi connectivity index (χ4n) is 2.52. The number of methoxy groups -OCH3 is 3. The summed E-state index contributed by atoms with van der Waals surface area (Å²) in [4.78, 5) is 5.38. The van der Waals surface area contributed by atoms with Gasteiger partial charge in [-0.2, -0.15) is 0 Å². The molecule has 1 aromatic heterocycles. The normalized spacial score (nSPS) is 12.4. The van der Waals surface area contributed by atoms with Gasteiger partial charge in [0.15, 0.2) is 17.5 Å². The minimum Gasteiger partial charge on any atom is -0.496 e. The van der Waals surface area contributed by atoms with E-state index in [4.69, 9.17) is 25.8 Å². The van der Waals surface area contributed by atoms with Crippen molar-refractivity contribution < 1.29 is 19.3 Å². The van der Waals surface area contributed by atoms with Gasteiger partial charge >= 0.3 is 0 Å². The van der Waals surface area contributed by atoms with Gasteiger partial charge in [-0.15, -0.1) is 11.3 Å². The van der Waals surface area contributed by atoms with Crippen LogP contribution in [0.15, 0.2) is 29.3 Å². The van der Waals surface area contributed by atoms with E-state index in [9.17, 15) is 5.11 Å². The number of aliphatic hydroxyl groups is 1.